The van der Waals surface area contributed by atoms with E-state index in [9.17, 15) is 0 Å². The lowest BCUT2D eigenvalue weighted by molar-refractivity contribution is 0.467. The van der Waals surface area contributed by atoms with Crippen LogP contribution in [0.1, 0.15) is 32.6 Å². The lowest BCUT2D eigenvalue weighted by Crippen LogP contribution is -2.29. The van der Waals surface area contributed by atoms with E-state index in [1.807, 2.05) is 0 Å². The van der Waals surface area contributed by atoms with Crippen LogP contribution in [0.5, 0.6) is 0 Å². The van der Waals surface area contributed by atoms with Gasteiger partial charge >= 0.3 is 0 Å². The molecule has 1 unspecified atom stereocenters. The zero-order valence-electron chi connectivity index (χ0n) is 7.14. The number of nitriles is 1. The van der Waals surface area contributed by atoms with E-state index in [0.717, 1.165) is 12.3 Å². The molecule has 1 atom stereocenters. The minimum absolute atomic E-state index is 0.505. The van der Waals surface area contributed by atoms with Crippen LogP contribution in [0.15, 0.2) is 0 Å². The molecule has 2 nitrogen and oxygen atoms in total. The lowest BCUT2D eigenvalue weighted by atomic mass is 10.1. The molecule has 1 rings (SSSR count). The summed E-state index contributed by atoms with van der Waals surface area (Å²) in [7, 11) is 0. The summed E-state index contributed by atoms with van der Waals surface area (Å²) in [5.41, 5.74) is 0. The zero-order valence-corrected chi connectivity index (χ0v) is 7.14. The van der Waals surface area contributed by atoms with Gasteiger partial charge in [-0.3, -0.25) is 0 Å². The monoisotopic (exact) mass is 152 g/mol. The SMILES string of the molecule is CCC(CC1CC1)NCC#N. The molecule has 1 aliphatic rings. The number of nitrogens with one attached hydrogen (secondary N) is 1. The summed E-state index contributed by atoms with van der Waals surface area (Å²) in [5, 5.41) is 11.6. The maximum Gasteiger partial charge on any atom is 0.0843 e. The molecule has 0 aromatic carbocycles. The van der Waals surface area contributed by atoms with Gasteiger partial charge in [0.2, 0.25) is 0 Å². The highest BCUT2D eigenvalue weighted by molar-refractivity contribution is 4.82. The van der Waals surface area contributed by atoms with Gasteiger partial charge in [-0.15, -0.1) is 0 Å². The van der Waals surface area contributed by atoms with Gasteiger partial charge in [-0.05, 0) is 18.8 Å². The summed E-state index contributed by atoms with van der Waals surface area (Å²) in [4.78, 5) is 0. The fourth-order valence-corrected chi connectivity index (χ4v) is 1.34. The van der Waals surface area contributed by atoms with Crippen LogP contribution in [0.3, 0.4) is 0 Å². The Morgan fingerprint density at radius 2 is 2.36 bits per heavy atom. The van der Waals surface area contributed by atoms with Crippen LogP contribution in [0.4, 0.5) is 0 Å². The van der Waals surface area contributed by atoms with Gasteiger partial charge in [-0.2, -0.15) is 5.26 Å². The van der Waals surface area contributed by atoms with Crippen molar-refractivity contribution in [2.24, 2.45) is 5.92 Å². The van der Waals surface area contributed by atoms with E-state index in [1.165, 1.54) is 19.3 Å². The van der Waals surface area contributed by atoms with Crippen LogP contribution in [0, 0.1) is 17.2 Å². The van der Waals surface area contributed by atoms with Crippen molar-refractivity contribution >= 4 is 0 Å². The van der Waals surface area contributed by atoms with Crippen LogP contribution in [0.2, 0.25) is 0 Å². The van der Waals surface area contributed by atoms with E-state index >= 15 is 0 Å². The molecule has 62 valence electrons. The van der Waals surface area contributed by atoms with Crippen LogP contribution in [-0.2, 0) is 0 Å². The molecule has 0 amide bonds. The third-order valence-corrected chi connectivity index (χ3v) is 2.28. The summed E-state index contributed by atoms with van der Waals surface area (Å²) < 4.78 is 0. The molecule has 0 saturated heterocycles. The Morgan fingerprint density at radius 1 is 1.64 bits per heavy atom. The molecule has 1 aliphatic carbocycles. The Labute approximate surface area is 68.6 Å². The predicted octanol–water partition coefficient (Wildman–Crippen LogP) is 1.68. The van der Waals surface area contributed by atoms with Crippen molar-refractivity contribution < 1.29 is 0 Å². The first-order valence-electron chi connectivity index (χ1n) is 4.47. The third kappa shape index (κ3) is 3.38. The second kappa shape index (κ2) is 4.35. The third-order valence-electron chi connectivity index (χ3n) is 2.28. The van der Waals surface area contributed by atoms with Crippen LogP contribution >= 0.6 is 0 Å². The van der Waals surface area contributed by atoms with Gasteiger partial charge in [0.05, 0.1) is 12.6 Å². The Balaban J connectivity index is 2.08. The smallest absolute Gasteiger partial charge is 0.0843 e. The van der Waals surface area contributed by atoms with Gasteiger partial charge in [0.1, 0.15) is 0 Å². The van der Waals surface area contributed by atoms with Gasteiger partial charge in [-0.1, -0.05) is 19.8 Å². The van der Waals surface area contributed by atoms with Crippen molar-refractivity contribution in [3.8, 4) is 6.07 Å². The summed E-state index contributed by atoms with van der Waals surface area (Å²) in [6.45, 7) is 2.68. The largest absolute Gasteiger partial charge is 0.302 e. The van der Waals surface area contributed by atoms with E-state index in [4.69, 9.17) is 5.26 Å². The molecule has 0 radical (unpaired) electrons. The number of rotatable bonds is 5. The molecule has 1 fully saturated rings. The summed E-state index contributed by atoms with van der Waals surface area (Å²) in [6.07, 6.45) is 5.24. The van der Waals surface area contributed by atoms with Crippen molar-refractivity contribution in [3.63, 3.8) is 0 Å². The molecular formula is C9H16N2. The van der Waals surface area contributed by atoms with Gasteiger partial charge in [0, 0.05) is 6.04 Å². The zero-order chi connectivity index (χ0) is 8.10. The normalized spacial score (nSPS) is 19.3. The topological polar surface area (TPSA) is 35.8 Å². The molecule has 0 aliphatic heterocycles. The second-order valence-electron chi connectivity index (χ2n) is 3.32. The minimum atomic E-state index is 0.505. The number of nitrogens with zero attached hydrogens (tertiary/aromatic N) is 1. The van der Waals surface area contributed by atoms with Gasteiger partial charge in [0.15, 0.2) is 0 Å². The van der Waals surface area contributed by atoms with Crippen molar-refractivity contribution in [1.29, 1.82) is 5.26 Å². The predicted molar refractivity (Wildman–Crippen MR) is 45.0 cm³/mol. The van der Waals surface area contributed by atoms with E-state index < -0.39 is 0 Å². The van der Waals surface area contributed by atoms with Crippen LogP contribution in [-0.4, -0.2) is 12.6 Å². The highest BCUT2D eigenvalue weighted by Crippen LogP contribution is 2.33. The van der Waals surface area contributed by atoms with Gasteiger partial charge in [0.25, 0.3) is 0 Å². The molecule has 0 heterocycles. The first-order valence-corrected chi connectivity index (χ1v) is 4.47. The number of hydrogen-bond donors (Lipinski definition) is 1. The quantitative estimate of drug-likeness (QED) is 0.608. The summed E-state index contributed by atoms with van der Waals surface area (Å²) in [6, 6.07) is 2.70. The van der Waals surface area contributed by atoms with E-state index in [2.05, 4.69) is 18.3 Å². The van der Waals surface area contributed by atoms with Crippen molar-refractivity contribution in [3.05, 3.63) is 0 Å². The van der Waals surface area contributed by atoms with Crippen LogP contribution in [0.25, 0.3) is 0 Å². The average molecular weight is 152 g/mol. The number of hydrogen-bond acceptors (Lipinski definition) is 2. The Bertz CT molecular complexity index is 144. The molecule has 2 heteroatoms. The first-order chi connectivity index (χ1) is 5.36. The maximum atomic E-state index is 8.35. The molecule has 0 aromatic heterocycles. The standard InChI is InChI=1S/C9H16N2/c1-2-9(11-6-5-10)7-8-3-4-8/h8-9,11H,2-4,6-7H2,1H3. The average Bonchev–Trinajstić information content (AvgIpc) is 2.81. The van der Waals surface area contributed by atoms with Crippen molar-refractivity contribution in [2.45, 2.75) is 38.6 Å². The molecule has 1 saturated carbocycles. The lowest BCUT2D eigenvalue weighted by Gasteiger charge is -2.13. The highest BCUT2D eigenvalue weighted by atomic mass is 14.9. The minimum Gasteiger partial charge on any atom is -0.302 e. The Kier molecular flexibility index (Phi) is 3.38. The molecule has 1 N–H and O–H groups in total. The van der Waals surface area contributed by atoms with E-state index in [0.29, 0.717) is 12.6 Å². The molecule has 0 bridgehead atoms. The van der Waals surface area contributed by atoms with Crippen LogP contribution < -0.4 is 5.32 Å². The fraction of sp³-hybridized carbons (Fsp3) is 0.889. The highest BCUT2D eigenvalue weighted by Gasteiger charge is 2.24. The summed E-state index contributed by atoms with van der Waals surface area (Å²) in [5.74, 6) is 0.964. The van der Waals surface area contributed by atoms with E-state index in [-0.39, 0.29) is 0 Å². The molecule has 11 heavy (non-hydrogen) atoms. The van der Waals surface area contributed by atoms with Gasteiger partial charge in [-0.25, -0.2) is 0 Å². The second-order valence-corrected chi connectivity index (χ2v) is 3.32. The van der Waals surface area contributed by atoms with Crippen molar-refractivity contribution in [2.75, 3.05) is 6.54 Å². The van der Waals surface area contributed by atoms with Crippen molar-refractivity contribution in [1.82, 2.24) is 5.32 Å². The maximum absolute atomic E-state index is 8.35. The molecular weight excluding hydrogens is 136 g/mol. The summed E-state index contributed by atoms with van der Waals surface area (Å²) >= 11 is 0. The van der Waals surface area contributed by atoms with E-state index in [1.54, 1.807) is 0 Å². The first kappa shape index (κ1) is 8.55. The fourth-order valence-electron chi connectivity index (χ4n) is 1.34. The van der Waals surface area contributed by atoms with Gasteiger partial charge < -0.3 is 5.32 Å². The Hall–Kier alpha value is -0.550. The Morgan fingerprint density at radius 3 is 2.82 bits per heavy atom. The molecule has 0 spiro atoms. The molecule has 0 aromatic rings.